The number of nitrogens with zero attached hydrogens (tertiary/aromatic N) is 5. The maximum absolute atomic E-state index is 4.96. The third-order valence-corrected chi connectivity index (χ3v) is 6.23. The van der Waals surface area contributed by atoms with Crippen LogP contribution in [0.3, 0.4) is 0 Å². The second-order valence-electron chi connectivity index (χ2n) is 7.14. The van der Waals surface area contributed by atoms with Gasteiger partial charge in [0, 0.05) is 29.1 Å². The Bertz CT molecular complexity index is 1080. The van der Waals surface area contributed by atoms with Crippen molar-refractivity contribution in [3.63, 3.8) is 0 Å². The van der Waals surface area contributed by atoms with E-state index in [0.717, 1.165) is 39.1 Å². The maximum atomic E-state index is 4.96. The van der Waals surface area contributed by atoms with Gasteiger partial charge in [-0.3, -0.25) is 0 Å². The summed E-state index contributed by atoms with van der Waals surface area (Å²) in [5.41, 5.74) is 3.45. The molecule has 0 unspecified atom stereocenters. The highest BCUT2D eigenvalue weighted by molar-refractivity contribution is 7.17. The SMILES string of the molecule is Cc1csc(CN(C)c2nc(CN(C)C)nc3scc(-c4ccccc4)c23)n1. The average molecular weight is 410 g/mol. The van der Waals surface area contributed by atoms with E-state index in [1.54, 1.807) is 22.7 Å². The molecular formula is C21H23N5S2. The number of thiazole rings is 1. The van der Waals surface area contributed by atoms with Crippen LogP contribution in [0.1, 0.15) is 16.5 Å². The molecule has 0 fully saturated rings. The van der Waals surface area contributed by atoms with Gasteiger partial charge in [0.05, 0.1) is 18.5 Å². The third kappa shape index (κ3) is 3.92. The van der Waals surface area contributed by atoms with Crippen LogP contribution in [0.15, 0.2) is 41.1 Å². The van der Waals surface area contributed by atoms with Crippen molar-refractivity contribution in [1.29, 1.82) is 0 Å². The first kappa shape index (κ1) is 19.0. The predicted octanol–water partition coefficient (Wildman–Crippen LogP) is 4.82. The number of fused-ring (bicyclic) bond motifs is 1. The Hall–Kier alpha value is -2.35. The highest BCUT2D eigenvalue weighted by Crippen LogP contribution is 2.38. The fourth-order valence-electron chi connectivity index (χ4n) is 3.18. The largest absolute Gasteiger partial charge is 0.352 e. The van der Waals surface area contributed by atoms with E-state index in [0.29, 0.717) is 6.54 Å². The van der Waals surface area contributed by atoms with Gasteiger partial charge in [-0.1, -0.05) is 30.3 Å². The second kappa shape index (κ2) is 7.95. The van der Waals surface area contributed by atoms with Gasteiger partial charge in [-0.05, 0) is 26.6 Å². The lowest BCUT2D eigenvalue weighted by molar-refractivity contribution is 0.391. The fraction of sp³-hybridized carbons (Fsp3) is 0.286. The monoisotopic (exact) mass is 409 g/mol. The van der Waals surface area contributed by atoms with E-state index in [2.05, 4.69) is 56.9 Å². The number of hydrogen-bond donors (Lipinski definition) is 0. The van der Waals surface area contributed by atoms with E-state index in [-0.39, 0.29) is 0 Å². The minimum atomic E-state index is 0.714. The quantitative estimate of drug-likeness (QED) is 0.457. The summed E-state index contributed by atoms with van der Waals surface area (Å²) in [6.45, 7) is 3.48. The topological polar surface area (TPSA) is 45.2 Å². The van der Waals surface area contributed by atoms with E-state index in [9.17, 15) is 0 Å². The summed E-state index contributed by atoms with van der Waals surface area (Å²) < 4.78 is 0. The highest BCUT2D eigenvalue weighted by Gasteiger charge is 2.19. The van der Waals surface area contributed by atoms with Gasteiger partial charge >= 0.3 is 0 Å². The Balaban J connectivity index is 1.83. The number of thiophene rings is 1. The molecular weight excluding hydrogens is 386 g/mol. The van der Waals surface area contributed by atoms with E-state index >= 15 is 0 Å². The molecule has 3 aromatic heterocycles. The molecule has 0 amide bonds. The standard InChI is InChI=1S/C21H23N5S2/c1-14-12-27-18(22-14)11-26(4)20-19-16(15-8-6-5-7-9-15)13-28-21(19)24-17(23-20)10-25(2)3/h5-9,12-13H,10-11H2,1-4H3. The van der Waals surface area contributed by atoms with E-state index in [1.165, 1.54) is 11.1 Å². The molecule has 0 aliphatic rings. The second-order valence-corrected chi connectivity index (χ2v) is 8.94. The molecule has 1 aromatic carbocycles. The number of rotatable bonds is 6. The molecule has 0 saturated heterocycles. The van der Waals surface area contributed by atoms with Crippen LogP contribution in [0.25, 0.3) is 21.3 Å². The van der Waals surface area contributed by atoms with Crippen molar-refractivity contribution in [2.45, 2.75) is 20.0 Å². The molecule has 0 aliphatic heterocycles. The van der Waals surface area contributed by atoms with Crippen molar-refractivity contribution in [2.75, 3.05) is 26.0 Å². The lowest BCUT2D eigenvalue weighted by atomic mass is 10.1. The Kier molecular flexibility index (Phi) is 5.39. The van der Waals surface area contributed by atoms with Crippen LogP contribution in [-0.4, -0.2) is 41.0 Å². The van der Waals surface area contributed by atoms with Gasteiger partial charge < -0.3 is 9.80 Å². The lowest BCUT2D eigenvalue weighted by Gasteiger charge is -2.20. The minimum Gasteiger partial charge on any atom is -0.352 e. The molecule has 4 aromatic rings. The Morgan fingerprint density at radius 1 is 0.893 bits per heavy atom. The number of hydrogen-bond acceptors (Lipinski definition) is 7. The number of benzene rings is 1. The molecule has 0 atom stereocenters. The molecule has 4 rings (SSSR count). The van der Waals surface area contributed by atoms with E-state index in [4.69, 9.17) is 9.97 Å². The van der Waals surface area contributed by atoms with E-state index < -0.39 is 0 Å². The first-order valence-electron chi connectivity index (χ1n) is 9.11. The normalized spacial score (nSPS) is 11.5. The molecule has 0 bridgehead atoms. The van der Waals surface area contributed by atoms with Crippen LogP contribution in [0.4, 0.5) is 5.82 Å². The number of aryl methyl sites for hydroxylation is 1. The summed E-state index contributed by atoms with van der Waals surface area (Å²) in [7, 11) is 6.17. The van der Waals surface area contributed by atoms with Crippen molar-refractivity contribution in [2.24, 2.45) is 0 Å². The van der Waals surface area contributed by atoms with Crippen molar-refractivity contribution < 1.29 is 0 Å². The number of anilines is 1. The summed E-state index contributed by atoms with van der Waals surface area (Å²) >= 11 is 3.38. The third-order valence-electron chi connectivity index (χ3n) is 4.40. The van der Waals surface area contributed by atoms with E-state index in [1.807, 2.05) is 27.1 Å². The van der Waals surface area contributed by atoms with Gasteiger partial charge in [-0.25, -0.2) is 15.0 Å². The molecule has 7 heteroatoms. The molecule has 0 spiro atoms. The zero-order valence-electron chi connectivity index (χ0n) is 16.5. The van der Waals surface area contributed by atoms with Gasteiger partial charge in [0.15, 0.2) is 0 Å². The minimum absolute atomic E-state index is 0.714. The average Bonchev–Trinajstić information content (AvgIpc) is 3.27. The summed E-state index contributed by atoms with van der Waals surface area (Å²) in [6, 6.07) is 10.5. The van der Waals surface area contributed by atoms with Gasteiger partial charge in [0.2, 0.25) is 0 Å². The van der Waals surface area contributed by atoms with Crippen molar-refractivity contribution in [3.05, 3.63) is 57.6 Å². The van der Waals surface area contributed by atoms with Crippen LogP contribution >= 0.6 is 22.7 Å². The molecule has 0 aliphatic carbocycles. The van der Waals surface area contributed by atoms with Crippen molar-refractivity contribution >= 4 is 38.7 Å². The van der Waals surface area contributed by atoms with Crippen LogP contribution in [0.5, 0.6) is 0 Å². The summed E-state index contributed by atoms with van der Waals surface area (Å²) in [5.74, 6) is 1.81. The molecule has 28 heavy (non-hydrogen) atoms. The first-order valence-corrected chi connectivity index (χ1v) is 10.9. The van der Waals surface area contributed by atoms with Crippen LogP contribution in [0.2, 0.25) is 0 Å². The first-order chi connectivity index (χ1) is 13.5. The highest BCUT2D eigenvalue weighted by atomic mass is 32.1. The van der Waals surface area contributed by atoms with Crippen molar-refractivity contribution in [1.82, 2.24) is 19.9 Å². The van der Waals surface area contributed by atoms with Crippen LogP contribution in [0, 0.1) is 6.92 Å². The van der Waals surface area contributed by atoms with Gasteiger partial charge in [0.25, 0.3) is 0 Å². The lowest BCUT2D eigenvalue weighted by Crippen LogP contribution is -2.20. The summed E-state index contributed by atoms with van der Waals surface area (Å²) in [5, 5.41) is 6.50. The molecule has 0 N–H and O–H groups in total. The van der Waals surface area contributed by atoms with Crippen LogP contribution < -0.4 is 4.90 Å². The predicted molar refractivity (Wildman–Crippen MR) is 119 cm³/mol. The molecule has 144 valence electrons. The molecule has 0 radical (unpaired) electrons. The zero-order chi connectivity index (χ0) is 19.7. The van der Waals surface area contributed by atoms with Crippen molar-refractivity contribution in [3.8, 4) is 11.1 Å². The summed E-state index contributed by atoms with van der Waals surface area (Å²) in [4.78, 5) is 19.7. The zero-order valence-corrected chi connectivity index (χ0v) is 18.1. The fourth-order valence-corrected chi connectivity index (χ4v) is 4.96. The van der Waals surface area contributed by atoms with Gasteiger partial charge in [-0.15, -0.1) is 22.7 Å². The number of aromatic nitrogens is 3. The van der Waals surface area contributed by atoms with Crippen LogP contribution in [-0.2, 0) is 13.1 Å². The molecule has 3 heterocycles. The summed E-state index contributed by atoms with van der Waals surface area (Å²) in [6.07, 6.45) is 0. The Morgan fingerprint density at radius 3 is 2.36 bits per heavy atom. The molecule has 5 nitrogen and oxygen atoms in total. The maximum Gasteiger partial charge on any atom is 0.146 e. The van der Waals surface area contributed by atoms with Gasteiger partial charge in [-0.2, -0.15) is 0 Å². The van der Waals surface area contributed by atoms with Gasteiger partial charge in [0.1, 0.15) is 21.5 Å². The molecule has 0 saturated carbocycles. The Labute approximate surface area is 173 Å². The Morgan fingerprint density at radius 2 is 1.68 bits per heavy atom. The smallest absolute Gasteiger partial charge is 0.146 e.